The Hall–Kier alpha value is -0.690. The molecular formula is C11H23NO5. The maximum absolute atomic E-state index is 11.3. The molecule has 102 valence electrons. The van der Waals surface area contributed by atoms with E-state index in [0.717, 1.165) is 6.42 Å². The fraction of sp³-hybridized carbons (Fsp3) is 0.909. The molecule has 0 saturated carbocycles. The maximum Gasteiger partial charge on any atom is 0.323 e. The van der Waals surface area contributed by atoms with E-state index in [0.29, 0.717) is 32.8 Å². The van der Waals surface area contributed by atoms with E-state index in [1.54, 1.807) is 14.2 Å². The Kier molecular flexibility index (Phi) is 11.3. The van der Waals surface area contributed by atoms with Crippen molar-refractivity contribution in [2.75, 3.05) is 47.3 Å². The summed E-state index contributed by atoms with van der Waals surface area (Å²) in [6.45, 7) is 2.32. The van der Waals surface area contributed by atoms with Crippen LogP contribution in [0.2, 0.25) is 0 Å². The molecule has 1 unspecified atom stereocenters. The average Bonchev–Trinajstić information content (AvgIpc) is 2.34. The van der Waals surface area contributed by atoms with Crippen molar-refractivity contribution in [3.8, 4) is 0 Å². The van der Waals surface area contributed by atoms with Crippen molar-refractivity contribution in [3.63, 3.8) is 0 Å². The summed E-state index contributed by atoms with van der Waals surface area (Å²) in [4.78, 5) is 11.3. The first-order valence-corrected chi connectivity index (χ1v) is 5.70. The lowest BCUT2D eigenvalue weighted by atomic mass is 10.2. The summed E-state index contributed by atoms with van der Waals surface area (Å²) in [7, 11) is 3.20. The predicted octanol–water partition coefficient (Wildman–Crippen LogP) is -0.0535. The first-order valence-electron chi connectivity index (χ1n) is 5.70. The van der Waals surface area contributed by atoms with Gasteiger partial charge in [-0.2, -0.15) is 0 Å². The van der Waals surface area contributed by atoms with Gasteiger partial charge in [-0.15, -0.1) is 0 Å². The lowest BCUT2D eigenvalue weighted by Gasteiger charge is -2.11. The molecule has 0 rings (SSSR count). The Labute approximate surface area is 102 Å². The summed E-state index contributed by atoms with van der Waals surface area (Å²) in [5, 5.41) is 0. The van der Waals surface area contributed by atoms with Crippen molar-refractivity contribution in [1.29, 1.82) is 0 Å². The zero-order valence-corrected chi connectivity index (χ0v) is 10.6. The van der Waals surface area contributed by atoms with Gasteiger partial charge in [-0.3, -0.25) is 4.79 Å². The van der Waals surface area contributed by atoms with Gasteiger partial charge in [0.1, 0.15) is 12.6 Å². The summed E-state index contributed by atoms with van der Waals surface area (Å²) in [6.07, 6.45) is 1.29. The summed E-state index contributed by atoms with van der Waals surface area (Å²) >= 11 is 0. The molecule has 0 heterocycles. The Morgan fingerprint density at radius 1 is 1.06 bits per heavy atom. The highest BCUT2D eigenvalue weighted by Gasteiger charge is 2.13. The van der Waals surface area contributed by atoms with Crippen molar-refractivity contribution in [2.45, 2.75) is 18.9 Å². The molecule has 17 heavy (non-hydrogen) atoms. The molecule has 0 aromatic heterocycles. The Balaban J connectivity index is 3.32. The molecule has 1 atom stereocenters. The molecule has 6 heteroatoms. The van der Waals surface area contributed by atoms with Crippen LogP contribution < -0.4 is 5.73 Å². The Morgan fingerprint density at radius 3 is 2.41 bits per heavy atom. The molecule has 0 aliphatic carbocycles. The topological polar surface area (TPSA) is 80.0 Å². The van der Waals surface area contributed by atoms with E-state index in [-0.39, 0.29) is 6.61 Å². The van der Waals surface area contributed by atoms with Crippen LogP contribution in [0.15, 0.2) is 0 Å². The van der Waals surface area contributed by atoms with Crippen molar-refractivity contribution in [2.24, 2.45) is 5.73 Å². The molecule has 0 spiro atoms. The van der Waals surface area contributed by atoms with Crippen LogP contribution in [0.4, 0.5) is 0 Å². The summed E-state index contributed by atoms with van der Waals surface area (Å²) in [5.74, 6) is -0.414. The highest BCUT2D eigenvalue weighted by molar-refractivity contribution is 5.75. The van der Waals surface area contributed by atoms with E-state index in [1.807, 2.05) is 0 Å². The number of carbonyl (C=O) groups is 1. The molecule has 0 aliphatic heterocycles. The number of rotatable bonds is 11. The largest absolute Gasteiger partial charge is 0.462 e. The summed E-state index contributed by atoms with van der Waals surface area (Å²) in [6, 6.07) is -0.622. The Bertz CT molecular complexity index is 189. The molecule has 0 bridgehead atoms. The van der Waals surface area contributed by atoms with E-state index in [9.17, 15) is 4.79 Å². The second-order valence-corrected chi connectivity index (χ2v) is 3.51. The van der Waals surface area contributed by atoms with Crippen LogP contribution in [0.25, 0.3) is 0 Å². The van der Waals surface area contributed by atoms with Crippen LogP contribution >= 0.6 is 0 Å². The van der Waals surface area contributed by atoms with E-state index in [1.165, 1.54) is 0 Å². The second kappa shape index (κ2) is 11.8. The van der Waals surface area contributed by atoms with E-state index < -0.39 is 12.0 Å². The van der Waals surface area contributed by atoms with Gasteiger partial charge in [-0.1, -0.05) is 0 Å². The fourth-order valence-corrected chi connectivity index (χ4v) is 1.08. The minimum Gasteiger partial charge on any atom is -0.462 e. The highest BCUT2D eigenvalue weighted by atomic mass is 16.6. The predicted molar refractivity (Wildman–Crippen MR) is 62.7 cm³/mol. The summed E-state index contributed by atoms with van der Waals surface area (Å²) in [5.41, 5.74) is 5.57. The van der Waals surface area contributed by atoms with E-state index in [2.05, 4.69) is 0 Å². The van der Waals surface area contributed by atoms with Crippen LogP contribution in [0.3, 0.4) is 0 Å². The number of carbonyl (C=O) groups excluding carboxylic acids is 1. The molecule has 2 N–H and O–H groups in total. The van der Waals surface area contributed by atoms with Gasteiger partial charge in [0.25, 0.3) is 0 Å². The third-order valence-electron chi connectivity index (χ3n) is 2.04. The molecule has 0 saturated heterocycles. The first kappa shape index (κ1) is 16.3. The molecule has 0 aromatic carbocycles. The van der Waals surface area contributed by atoms with Crippen molar-refractivity contribution >= 4 is 5.97 Å². The first-order chi connectivity index (χ1) is 8.22. The van der Waals surface area contributed by atoms with Gasteiger partial charge in [-0.25, -0.2) is 0 Å². The van der Waals surface area contributed by atoms with Crippen LogP contribution in [0.1, 0.15) is 12.8 Å². The summed E-state index contributed by atoms with van der Waals surface area (Å²) < 4.78 is 19.8. The minimum atomic E-state index is -0.622. The van der Waals surface area contributed by atoms with Crippen LogP contribution in [0, 0.1) is 0 Å². The highest BCUT2D eigenvalue weighted by Crippen LogP contribution is 1.93. The van der Waals surface area contributed by atoms with Crippen LogP contribution in [-0.2, 0) is 23.7 Å². The normalized spacial score (nSPS) is 12.4. The Morgan fingerprint density at radius 2 is 1.76 bits per heavy atom. The second-order valence-electron chi connectivity index (χ2n) is 3.51. The van der Waals surface area contributed by atoms with Gasteiger partial charge in [0.2, 0.25) is 0 Å². The van der Waals surface area contributed by atoms with Gasteiger partial charge < -0.3 is 24.7 Å². The standard InChI is InChI=1S/C11H23NO5/c1-14-5-3-6-16-8-9-17-11(13)10(12)4-7-15-2/h10H,3-9,12H2,1-2H3. The number of hydrogen-bond donors (Lipinski definition) is 1. The molecule has 0 amide bonds. The van der Waals surface area contributed by atoms with Gasteiger partial charge in [0.05, 0.1) is 6.61 Å². The smallest absolute Gasteiger partial charge is 0.323 e. The van der Waals surface area contributed by atoms with Crippen LogP contribution in [0.5, 0.6) is 0 Å². The monoisotopic (exact) mass is 249 g/mol. The lowest BCUT2D eigenvalue weighted by Crippen LogP contribution is -2.34. The average molecular weight is 249 g/mol. The molecule has 0 radical (unpaired) electrons. The third kappa shape index (κ3) is 10.2. The molecule has 0 fully saturated rings. The number of nitrogens with two attached hydrogens (primary N) is 1. The maximum atomic E-state index is 11.3. The molecule has 0 aromatic rings. The molecule has 0 aliphatic rings. The van der Waals surface area contributed by atoms with Gasteiger partial charge in [0, 0.05) is 34.0 Å². The van der Waals surface area contributed by atoms with Crippen molar-refractivity contribution in [1.82, 2.24) is 0 Å². The third-order valence-corrected chi connectivity index (χ3v) is 2.04. The van der Waals surface area contributed by atoms with E-state index >= 15 is 0 Å². The van der Waals surface area contributed by atoms with E-state index in [4.69, 9.17) is 24.7 Å². The van der Waals surface area contributed by atoms with Crippen LogP contribution in [-0.4, -0.2) is 59.3 Å². The SMILES string of the molecule is COCCCOCCOC(=O)C(N)CCOC. The van der Waals surface area contributed by atoms with Crippen molar-refractivity contribution in [3.05, 3.63) is 0 Å². The van der Waals surface area contributed by atoms with Gasteiger partial charge in [-0.05, 0) is 12.8 Å². The fourth-order valence-electron chi connectivity index (χ4n) is 1.08. The van der Waals surface area contributed by atoms with Gasteiger partial charge >= 0.3 is 5.97 Å². The molecular weight excluding hydrogens is 226 g/mol. The lowest BCUT2D eigenvalue weighted by molar-refractivity contribution is -0.147. The van der Waals surface area contributed by atoms with Crippen molar-refractivity contribution < 1.29 is 23.7 Å². The number of methoxy groups -OCH3 is 2. The quantitative estimate of drug-likeness (QED) is 0.408. The number of esters is 1. The van der Waals surface area contributed by atoms with Gasteiger partial charge in [0.15, 0.2) is 0 Å². The number of hydrogen-bond acceptors (Lipinski definition) is 6. The molecule has 6 nitrogen and oxygen atoms in total. The zero-order chi connectivity index (χ0) is 12.9. The number of ether oxygens (including phenoxy) is 4. The zero-order valence-electron chi connectivity index (χ0n) is 10.6. The minimum absolute atomic E-state index is 0.229.